The highest BCUT2D eigenvalue weighted by Gasteiger charge is 2.31. The van der Waals surface area contributed by atoms with Crippen molar-refractivity contribution >= 4 is 27.3 Å². The van der Waals surface area contributed by atoms with E-state index in [-0.39, 0.29) is 5.56 Å². The van der Waals surface area contributed by atoms with Crippen LogP contribution in [0.2, 0.25) is 0 Å². The summed E-state index contributed by atoms with van der Waals surface area (Å²) in [6.45, 7) is 0. The van der Waals surface area contributed by atoms with E-state index < -0.39 is 49.7 Å². The zero-order valence-electron chi connectivity index (χ0n) is 10.9. The second-order valence-corrected chi connectivity index (χ2v) is 4.92. The SMILES string of the molecule is N#Cc1cccc(Oc2c(F)c(F)c([N+](=O)[O-])c(N)c2Br)c1F. The van der Waals surface area contributed by atoms with E-state index in [1.807, 2.05) is 0 Å². The Morgan fingerprint density at radius 3 is 2.48 bits per heavy atom. The van der Waals surface area contributed by atoms with Crippen LogP contribution in [0.3, 0.4) is 0 Å². The lowest BCUT2D eigenvalue weighted by Crippen LogP contribution is -2.05. The molecule has 0 fully saturated rings. The molecule has 0 spiro atoms. The first-order valence-corrected chi connectivity index (χ1v) is 6.55. The summed E-state index contributed by atoms with van der Waals surface area (Å²) in [4.78, 5) is 9.52. The fraction of sp³-hybridized carbons (Fsp3) is 0. The Morgan fingerprint density at radius 1 is 1.26 bits per heavy atom. The molecule has 0 bridgehead atoms. The largest absolute Gasteiger partial charge is 0.450 e. The molecule has 0 saturated carbocycles. The van der Waals surface area contributed by atoms with Gasteiger partial charge in [0.25, 0.3) is 0 Å². The van der Waals surface area contributed by atoms with Gasteiger partial charge in [0.15, 0.2) is 17.3 Å². The van der Waals surface area contributed by atoms with Crippen LogP contribution in [0.4, 0.5) is 24.5 Å². The zero-order chi connectivity index (χ0) is 17.3. The maximum atomic E-state index is 14.0. The molecule has 0 radical (unpaired) electrons. The van der Waals surface area contributed by atoms with Gasteiger partial charge in [-0.15, -0.1) is 0 Å². The van der Waals surface area contributed by atoms with Crippen molar-refractivity contribution in [1.29, 1.82) is 5.26 Å². The molecule has 0 atom stereocenters. The number of nitrogens with two attached hydrogens (primary N) is 1. The minimum Gasteiger partial charge on any atom is -0.450 e. The van der Waals surface area contributed by atoms with Crippen molar-refractivity contribution in [3.8, 4) is 17.6 Å². The van der Waals surface area contributed by atoms with E-state index in [9.17, 15) is 23.3 Å². The van der Waals surface area contributed by atoms with Crippen molar-refractivity contribution in [2.75, 3.05) is 5.73 Å². The standard InChI is InChI=1S/C13H5BrF3N3O3/c14-7-11(19)12(20(21)22)9(16)10(17)13(7)23-6-3-1-2-5(4-18)8(6)15/h1-3H,19H2. The fourth-order valence-electron chi connectivity index (χ4n) is 1.70. The number of nitriles is 1. The van der Waals surface area contributed by atoms with Crippen LogP contribution < -0.4 is 10.5 Å². The summed E-state index contributed by atoms with van der Waals surface area (Å²) in [6, 6.07) is 5.02. The Balaban J connectivity index is 2.63. The monoisotopic (exact) mass is 387 g/mol. The number of hydrogen-bond acceptors (Lipinski definition) is 5. The first-order chi connectivity index (χ1) is 10.8. The van der Waals surface area contributed by atoms with Gasteiger partial charge < -0.3 is 10.5 Å². The number of halogens is 4. The zero-order valence-corrected chi connectivity index (χ0v) is 12.5. The number of nitro benzene ring substituents is 1. The Hall–Kier alpha value is -2.80. The van der Waals surface area contributed by atoms with Gasteiger partial charge in [-0.3, -0.25) is 10.1 Å². The van der Waals surface area contributed by atoms with E-state index in [4.69, 9.17) is 15.7 Å². The lowest BCUT2D eigenvalue weighted by atomic mass is 10.2. The van der Waals surface area contributed by atoms with Crippen molar-refractivity contribution < 1.29 is 22.8 Å². The van der Waals surface area contributed by atoms with Crippen molar-refractivity contribution in [3.05, 3.63) is 55.8 Å². The number of rotatable bonds is 3. The predicted molar refractivity (Wildman–Crippen MR) is 76.3 cm³/mol. The lowest BCUT2D eigenvalue weighted by Gasteiger charge is -2.12. The van der Waals surface area contributed by atoms with Crippen molar-refractivity contribution in [1.82, 2.24) is 0 Å². The van der Waals surface area contributed by atoms with Crippen LogP contribution in [0.25, 0.3) is 0 Å². The average Bonchev–Trinajstić information content (AvgIpc) is 2.51. The van der Waals surface area contributed by atoms with Crippen LogP contribution in [0.5, 0.6) is 11.5 Å². The molecular weight excluding hydrogens is 383 g/mol. The van der Waals surface area contributed by atoms with E-state index in [0.29, 0.717) is 0 Å². The Labute approximate surface area is 135 Å². The molecule has 0 amide bonds. The van der Waals surface area contributed by atoms with Gasteiger partial charge in [0.05, 0.1) is 15.0 Å². The number of hydrogen-bond donors (Lipinski definition) is 1. The third-order valence-corrected chi connectivity index (χ3v) is 3.56. The highest BCUT2D eigenvalue weighted by molar-refractivity contribution is 9.10. The molecule has 10 heteroatoms. The van der Waals surface area contributed by atoms with E-state index >= 15 is 0 Å². The molecule has 0 aliphatic rings. The first kappa shape index (κ1) is 16.6. The molecule has 2 aromatic carbocycles. The summed E-state index contributed by atoms with van der Waals surface area (Å²) in [5.74, 6) is -6.11. The van der Waals surface area contributed by atoms with E-state index in [1.165, 1.54) is 6.07 Å². The number of anilines is 1. The van der Waals surface area contributed by atoms with E-state index in [1.54, 1.807) is 6.07 Å². The smallest absolute Gasteiger partial charge is 0.331 e. The van der Waals surface area contributed by atoms with Crippen molar-refractivity contribution in [2.24, 2.45) is 0 Å². The molecule has 6 nitrogen and oxygen atoms in total. The number of nitrogens with zero attached hydrogens (tertiary/aromatic N) is 2. The molecule has 2 rings (SSSR count). The molecule has 118 valence electrons. The fourth-order valence-corrected chi connectivity index (χ4v) is 2.14. The van der Waals surface area contributed by atoms with Gasteiger partial charge in [-0.05, 0) is 28.1 Å². The second kappa shape index (κ2) is 6.13. The van der Waals surface area contributed by atoms with Crippen molar-refractivity contribution in [2.45, 2.75) is 0 Å². The quantitative estimate of drug-likeness (QED) is 0.370. The minimum absolute atomic E-state index is 0.380. The number of benzene rings is 2. The topological polar surface area (TPSA) is 102 Å². The van der Waals surface area contributed by atoms with Crippen LogP contribution in [0.1, 0.15) is 5.56 Å². The molecule has 0 heterocycles. The molecule has 0 saturated heterocycles. The lowest BCUT2D eigenvalue weighted by molar-refractivity contribution is -0.386. The van der Waals surface area contributed by atoms with Crippen LogP contribution >= 0.6 is 15.9 Å². The normalized spacial score (nSPS) is 10.2. The van der Waals surface area contributed by atoms with Gasteiger partial charge >= 0.3 is 5.69 Å². The second-order valence-electron chi connectivity index (χ2n) is 4.12. The molecule has 0 aliphatic carbocycles. The highest BCUT2D eigenvalue weighted by atomic mass is 79.9. The number of ether oxygens (including phenoxy) is 1. The summed E-state index contributed by atoms with van der Waals surface area (Å²) in [6.07, 6.45) is 0. The summed E-state index contributed by atoms with van der Waals surface area (Å²) in [5.41, 5.74) is 3.01. The average molecular weight is 388 g/mol. The summed E-state index contributed by atoms with van der Waals surface area (Å²) in [5, 5.41) is 19.4. The maximum absolute atomic E-state index is 14.0. The summed E-state index contributed by atoms with van der Waals surface area (Å²) < 4.78 is 46.1. The van der Waals surface area contributed by atoms with Crippen LogP contribution in [-0.2, 0) is 0 Å². The Bertz CT molecular complexity index is 839. The molecule has 0 aliphatic heterocycles. The van der Waals surface area contributed by atoms with Crippen molar-refractivity contribution in [3.63, 3.8) is 0 Å². The van der Waals surface area contributed by atoms with Gasteiger partial charge in [0.1, 0.15) is 11.8 Å². The molecule has 0 aromatic heterocycles. The van der Waals surface area contributed by atoms with Crippen LogP contribution in [0, 0.1) is 38.9 Å². The van der Waals surface area contributed by atoms with Crippen LogP contribution in [0.15, 0.2) is 22.7 Å². The summed E-state index contributed by atoms with van der Waals surface area (Å²) >= 11 is 2.75. The van der Waals surface area contributed by atoms with E-state index in [2.05, 4.69) is 15.9 Å². The third-order valence-electron chi connectivity index (χ3n) is 2.77. The molecule has 2 aromatic rings. The molecule has 0 unspecified atom stereocenters. The van der Waals surface area contributed by atoms with E-state index in [0.717, 1.165) is 12.1 Å². The highest BCUT2D eigenvalue weighted by Crippen LogP contribution is 2.44. The molecular formula is C13H5BrF3N3O3. The number of nitro groups is 1. The van der Waals surface area contributed by atoms with Gasteiger partial charge in [0.2, 0.25) is 11.6 Å². The molecule has 23 heavy (non-hydrogen) atoms. The Kier molecular flexibility index (Phi) is 4.42. The third kappa shape index (κ3) is 2.78. The van der Waals surface area contributed by atoms with Gasteiger partial charge in [0, 0.05) is 0 Å². The minimum atomic E-state index is -1.84. The molecule has 2 N–H and O–H groups in total. The van der Waals surface area contributed by atoms with Gasteiger partial charge in [-0.1, -0.05) is 6.07 Å². The van der Waals surface area contributed by atoms with Crippen LogP contribution in [-0.4, -0.2) is 4.92 Å². The maximum Gasteiger partial charge on any atom is 0.331 e. The Morgan fingerprint density at radius 2 is 1.91 bits per heavy atom. The number of nitrogen functional groups attached to an aromatic ring is 1. The first-order valence-electron chi connectivity index (χ1n) is 5.76. The predicted octanol–water partition coefficient (Wildman–Crippen LogP) is 4.02. The van der Waals surface area contributed by atoms with Gasteiger partial charge in [-0.2, -0.15) is 14.0 Å². The summed E-state index contributed by atoms with van der Waals surface area (Å²) in [7, 11) is 0. The van der Waals surface area contributed by atoms with Gasteiger partial charge in [-0.25, -0.2) is 4.39 Å².